The molecular formula is C47H32N4O. The number of hydrogen-bond donors (Lipinski definition) is 1. The average molecular weight is 669 g/mol. The number of furan rings is 1. The van der Waals surface area contributed by atoms with E-state index in [9.17, 15) is 5.26 Å². The molecular weight excluding hydrogens is 637 g/mol. The Labute approximate surface area is 300 Å². The SMILES string of the molecule is N#Cc1cccc(C(=C/C(N)c2ccccc2)/N=C/c2ccc(-n3c4ccc(-c5ccccc5)cc4c4ccc5c6ccccc6oc5c43)cc2)c1. The quantitative estimate of drug-likeness (QED) is 0.172. The molecule has 0 saturated heterocycles. The van der Waals surface area contributed by atoms with Crippen LogP contribution in [0.1, 0.15) is 28.3 Å². The second-order valence-corrected chi connectivity index (χ2v) is 12.9. The van der Waals surface area contributed by atoms with Crippen LogP contribution in [-0.4, -0.2) is 10.8 Å². The highest BCUT2D eigenvalue weighted by Gasteiger charge is 2.19. The Hall–Kier alpha value is -7.00. The van der Waals surface area contributed by atoms with E-state index >= 15 is 0 Å². The molecule has 0 spiro atoms. The van der Waals surface area contributed by atoms with E-state index in [1.165, 1.54) is 11.1 Å². The van der Waals surface area contributed by atoms with Crippen molar-refractivity contribution in [3.8, 4) is 22.9 Å². The summed E-state index contributed by atoms with van der Waals surface area (Å²) in [4.78, 5) is 4.93. The maximum absolute atomic E-state index is 9.57. The smallest absolute Gasteiger partial charge is 0.160 e. The minimum absolute atomic E-state index is 0.366. The second kappa shape index (κ2) is 13.0. The number of rotatable bonds is 7. The number of aliphatic imine (C=N–C) groups is 1. The number of nitrogens with two attached hydrogens (primary N) is 1. The molecule has 0 aliphatic heterocycles. The summed E-state index contributed by atoms with van der Waals surface area (Å²) >= 11 is 0. The fraction of sp³-hybridized carbons (Fsp3) is 0.0213. The van der Waals surface area contributed by atoms with Gasteiger partial charge in [-0.2, -0.15) is 5.26 Å². The molecule has 0 aliphatic carbocycles. The van der Waals surface area contributed by atoms with E-state index in [-0.39, 0.29) is 6.04 Å². The first-order valence-electron chi connectivity index (χ1n) is 17.3. The fourth-order valence-electron chi connectivity index (χ4n) is 7.12. The third-order valence-electron chi connectivity index (χ3n) is 9.69. The van der Waals surface area contributed by atoms with E-state index in [1.807, 2.05) is 79.0 Å². The molecule has 0 bridgehead atoms. The van der Waals surface area contributed by atoms with Crippen LogP contribution in [0.15, 0.2) is 179 Å². The number of benzene rings is 7. The molecule has 7 aromatic carbocycles. The van der Waals surface area contributed by atoms with Gasteiger partial charge in [-0.3, -0.25) is 4.99 Å². The first-order chi connectivity index (χ1) is 25.6. The van der Waals surface area contributed by atoms with E-state index in [0.717, 1.165) is 66.1 Å². The van der Waals surface area contributed by atoms with Gasteiger partial charge in [-0.25, -0.2) is 0 Å². The van der Waals surface area contributed by atoms with E-state index in [4.69, 9.17) is 15.1 Å². The zero-order chi connectivity index (χ0) is 35.0. The van der Waals surface area contributed by atoms with Crippen LogP contribution in [0.4, 0.5) is 0 Å². The average Bonchev–Trinajstić information content (AvgIpc) is 3.76. The van der Waals surface area contributed by atoms with Gasteiger partial charge in [0.2, 0.25) is 0 Å². The molecule has 0 aliphatic rings. The maximum atomic E-state index is 9.57. The topological polar surface area (TPSA) is 80.2 Å². The Balaban J connectivity index is 1.16. The van der Waals surface area contributed by atoms with E-state index < -0.39 is 0 Å². The number of aromatic nitrogens is 1. The zero-order valence-electron chi connectivity index (χ0n) is 28.1. The summed E-state index contributed by atoms with van der Waals surface area (Å²) in [7, 11) is 0. The Morgan fingerprint density at radius 2 is 1.42 bits per heavy atom. The molecule has 9 rings (SSSR count). The number of nitrogens with zero attached hydrogens (tertiary/aromatic N) is 3. The lowest BCUT2D eigenvalue weighted by Crippen LogP contribution is -2.07. The van der Waals surface area contributed by atoms with Crippen molar-refractivity contribution in [1.29, 1.82) is 5.26 Å². The lowest BCUT2D eigenvalue weighted by Gasteiger charge is -2.11. The van der Waals surface area contributed by atoms with Crippen LogP contribution in [0.3, 0.4) is 0 Å². The summed E-state index contributed by atoms with van der Waals surface area (Å²) in [5.74, 6) is 0. The van der Waals surface area contributed by atoms with Gasteiger partial charge in [-0.15, -0.1) is 0 Å². The van der Waals surface area contributed by atoms with Gasteiger partial charge in [0, 0.05) is 39.0 Å². The minimum atomic E-state index is -0.366. The predicted octanol–water partition coefficient (Wildman–Crippen LogP) is 11.4. The Morgan fingerprint density at radius 1 is 0.673 bits per heavy atom. The molecule has 0 amide bonds. The summed E-state index contributed by atoms with van der Waals surface area (Å²) in [6.07, 6.45) is 3.79. The molecule has 246 valence electrons. The summed E-state index contributed by atoms with van der Waals surface area (Å²) in [5.41, 5.74) is 17.9. The summed E-state index contributed by atoms with van der Waals surface area (Å²) in [6, 6.07) is 57.5. The van der Waals surface area contributed by atoms with Crippen LogP contribution in [0.5, 0.6) is 0 Å². The lowest BCUT2D eigenvalue weighted by molar-refractivity contribution is 0.671. The summed E-state index contributed by atoms with van der Waals surface area (Å²) in [6.45, 7) is 0. The van der Waals surface area contributed by atoms with Gasteiger partial charge in [-0.1, -0.05) is 115 Å². The van der Waals surface area contributed by atoms with Gasteiger partial charge >= 0.3 is 0 Å². The van der Waals surface area contributed by atoms with Gasteiger partial charge in [0.25, 0.3) is 0 Å². The summed E-state index contributed by atoms with van der Waals surface area (Å²) < 4.78 is 8.91. The molecule has 2 aromatic heterocycles. The minimum Gasteiger partial charge on any atom is -0.454 e. The van der Waals surface area contributed by atoms with Gasteiger partial charge in [0.05, 0.1) is 34.4 Å². The van der Waals surface area contributed by atoms with Gasteiger partial charge < -0.3 is 14.7 Å². The van der Waals surface area contributed by atoms with Gasteiger partial charge in [0.15, 0.2) is 5.58 Å². The molecule has 2 N–H and O–H groups in total. The van der Waals surface area contributed by atoms with Crippen molar-refractivity contribution in [3.63, 3.8) is 0 Å². The van der Waals surface area contributed by atoms with Crippen LogP contribution >= 0.6 is 0 Å². The third-order valence-corrected chi connectivity index (χ3v) is 9.69. The molecule has 1 atom stereocenters. The largest absolute Gasteiger partial charge is 0.454 e. The highest BCUT2D eigenvalue weighted by molar-refractivity contribution is 6.21. The first kappa shape index (κ1) is 31.0. The second-order valence-electron chi connectivity index (χ2n) is 12.9. The molecule has 5 nitrogen and oxygen atoms in total. The maximum Gasteiger partial charge on any atom is 0.160 e. The predicted molar refractivity (Wildman–Crippen MR) is 214 cm³/mol. The number of fused-ring (bicyclic) bond motifs is 7. The van der Waals surface area contributed by atoms with Crippen molar-refractivity contribution in [2.75, 3.05) is 0 Å². The summed E-state index contributed by atoms with van der Waals surface area (Å²) in [5, 5.41) is 14.1. The zero-order valence-corrected chi connectivity index (χ0v) is 28.1. The van der Waals surface area contributed by atoms with Crippen molar-refractivity contribution in [3.05, 3.63) is 192 Å². The normalized spacial score (nSPS) is 12.7. The van der Waals surface area contributed by atoms with E-state index in [2.05, 4.69) is 102 Å². The van der Waals surface area contributed by atoms with Crippen LogP contribution in [0.25, 0.3) is 66.3 Å². The standard InChI is InChI=1S/C47H32N4O/c48-29-32-10-9-15-36(26-32)43(28-42(49)34-13-5-2-6-14-34)50-30-31-18-21-37(22-19-31)51-44-25-20-35(33-11-3-1-4-12-33)27-41(44)39-23-24-40-38-16-7-8-17-45(38)52-47(40)46(39)51/h1-28,30,42H,49H2/b43-28-,50-30+. The molecule has 52 heavy (non-hydrogen) atoms. The van der Waals surface area contributed by atoms with E-state index in [0.29, 0.717) is 11.3 Å². The van der Waals surface area contributed by atoms with Crippen molar-refractivity contribution in [2.24, 2.45) is 10.7 Å². The fourth-order valence-corrected chi connectivity index (χ4v) is 7.12. The van der Waals surface area contributed by atoms with Crippen LogP contribution in [0.2, 0.25) is 0 Å². The van der Waals surface area contributed by atoms with Crippen LogP contribution in [0, 0.1) is 11.3 Å². The van der Waals surface area contributed by atoms with Gasteiger partial charge in [0.1, 0.15) is 5.58 Å². The lowest BCUT2D eigenvalue weighted by atomic mass is 10.0. The van der Waals surface area contributed by atoms with Crippen molar-refractivity contribution in [1.82, 2.24) is 4.57 Å². The van der Waals surface area contributed by atoms with Crippen molar-refractivity contribution >= 4 is 55.7 Å². The number of hydrogen-bond acceptors (Lipinski definition) is 4. The molecule has 5 heteroatoms. The Morgan fingerprint density at radius 3 is 2.23 bits per heavy atom. The molecule has 9 aromatic rings. The van der Waals surface area contributed by atoms with E-state index in [1.54, 1.807) is 6.07 Å². The highest BCUT2D eigenvalue weighted by Crippen LogP contribution is 2.41. The number of para-hydroxylation sites is 1. The molecule has 2 heterocycles. The molecule has 0 saturated carbocycles. The first-order valence-corrected chi connectivity index (χ1v) is 17.3. The van der Waals surface area contributed by atoms with Gasteiger partial charge in [-0.05, 0) is 76.9 Å². The monoisotopic (exact) mass is 668 g/mol. The van der Waals surface area contributed by atoms with Crippen molar-refractivity contribution in [2.45, 2.75) is 6.04 Å². The number of nitriles is 1. The molecule has 0 radical (unpaired) electrons. The highest BCUT2D eigenvalue weighted by atomic mass is 16.3. The molecule has 1 unspecified atom stereocenters. The third kappa shape index (κ3) is 5.54. The van der Waals surface area contributed by atoms with Crippen molar-refractivity contribution < 1.29 is 4.42 Å². The Kier molecular flexibility index (Phi) is 7.77. The van der Waals surface area contributed by atoms with Crippen LogP contribution in [-0.2, 0) is 0 Å². The Bertz CT molecular complexity index is 2850. The molecule has 0 fully saturated rings. The van der Waals surface area contributed by atoms with Crippen LogP contribution < -0.4 is 5.73 Å².